The number of likely N-dealkylation sites (tertiary alicyclic amines) is 1. The van der Waals surface area contributed by atoms with Crippen LogP contribution in [0.25, 0.3) is 0 Å². The van der Waals surface area contributed by atoms with Crippen molar-refractivity contribution in [2.24, 2.45) is 5.73 Å². The molecule has 1 aliphatic heterocycles. The molecule has 0 aromatic rings. The number of rotatable bonds is 6. The molecule has 8 N–H and O–H groups in total. The third kappa shape index (κ3) is 7.74. The summed E-state index contributed by atoms with van der Waals surface area (Å²) < 4.78 is 5.03. The van der Waals surface area contributed by atoms with Crippen molar-refractivity contribution in [3.8, 4) is 0 Å². The first-order valence-electron chi connectivity index (χ1n) is 9.35. The maximum absolute atomic E-state index is 12.4. The molecule has 1 heterocycles. The highest BCUT2D eigenvalue weighted by atomic mass is 16.6. The van der Waals surface area contributed by atoms with E-state index in [1.54, 1.807) is 20.8 Å². The lowest BCUT2D eigenvalue weighted by Crippen LogP contribution is -2.61. The summed E-state index contributed by atoms with van der Waals surface area (Å²) in [5.41, 5.74) is 4.64. The Bertz CT molecular complexity index is 622. The lowest BCUT2D eigenvalue weighted by molar-refractivity contribution is -0.131. The first-order valence-corrected chi connectivity index (χ1v) is 9.35. The Morgan fingerprint density at radius 1 is 1.28 bits per heavy atom. The molecule has 0 saturated carbocycles. The van der Waals surface area contributed by atoms with Gasteiger partial charge in [-0.15, -0.1) is 0 Å². The zero-order valence-corrected chi connectivity index (χ0v) is 17.2. The van der Waals surface area contributed by atoms with Gasteiger partial charge in [0.25, 0.3) is 0 Å². The molecule has 3 amide bonds. The Labute approximate surface area is 169 Å². The van der Waals surface area contributed by atoms with E-state index < -0.39 is 54.5 Å². The van der Waals surface area contributed by atoms with Crippen LogP contribution in [0.1, 0.15) is 40.5 Å². The lowest BCUT2D eigenvalue weighted by Gasteiger charge is -2.38. The minimum Gasteiger partial charge on any atom is -0.444 e. The number of aliphatic hydroxyl groups excluding tert-OH is 2. The molecule has 12 nitrogen and oxygen atoms in total. The average Bonchev–Trinajstić information content (AvgIpc) is 2.59. The van der Waals surface area contributed by atoms with Crippen LogP contribution in [0.3, 0.4) is 0 Å². The van der Waals surface area contributed by atoms with Crippen LogP contribution in [-0.4, -0.2) is 82.1 Å². The van der Waals surface area contributed by atoms with Gasteiger partial charge in [-0.25, -0.2) is 4.79 Å². The largest absolute Gasteiger partial charge is 0.444 e. The summed E-state index contributed by atoms with van der Waals surface area (Å²) in [4.78, 5) is 37.7. The number of amides is 3. The SMILES string of the molecule is C[C@H](NC(=O)[C@@H](CO)NC(=O)OC(C)(C)C)C(=O)N[C@@H]1CCCN(C(=N)N)C1O. The van der Waals surface area contributed by atoms with E-state index in [4.69, 9.17) is 15.9 Å². The zero-order chi connectivity index (χ0) is 22.4. The minimum absolute atomic E-state index is 0.295. The van der Waals surface area contributed by atoms with Crippen molar-refractivity contribution in [3.63, 3.8) is 0 Å². The molecule has 29 heavy (non-hydrogen) atoms. The summed E-state index contributed by atoms with van der Waals surface area (Å²) in [6, 6.07) is -2.96. The molecule has 12 heteroatoms. The van der Waals surface area contributed by atoms with E-state index in [0.29, 0.717) is 19.4 Å². The molecule has 166 valence electrons. The molecule has 0 radical (unpaired) electrons. The average molecular weight is 416 g/mol. The maximum Gasteiger partial charge on any atom is 0.408 e. The molecule has 0 aliphatic carbocycles. The number of carbonyl (C=O) groups excluding carboxylic acids is 3. The van der Waals surface area contributed by atoms with E-state index >= 15 is 0 Å². The molecule has 0 aromatic carbocycles. The fourth-order valence-electron chi connectivity index (χ4n) is 2.72. The van der Waals surface area contributed by atoms with Crippen molar-refractivity contribution in [1.29, 1.82) is 5.41 Å². The fourth-order valence-corrected chi connectivity index (χ4v) is 2.72. The highest BCUT2D eigenvalue weighted by Gasteiger charge is 2.33. The number of nitrogens with one attached hydrogen (secondary N) is 4. The molecule has 1 saturated heterocycles. The highest BCUT2D eigenvalue weighted by Crippen LogP contribution is 2.15. The van der Waals surface area contributed by atoms with E-state index in [1.807, 2.05) is 0 Å². The van der Waals surface area contributed by atoms with Gasteiger partial charge in [0.2, 0.25) is 11.8 Å². The molecular weight excluding hydrogens is 384 g/mol. The second kappa shape index (κ2) is 10.3. The zero-order valence-electron chi connectivity index (χ0n) is 17.2. The Morgan fingerprint density at radius 2 is 1.90 bits per heavy atom. The van der Waals surface area contributed by atoms with Crippen molar-refractivity contribution < 1.29 is 29.3 Å². The summed E-state index contributed by atoms with van der Waals surface area (Å²) in [5, 5.41) is 34.3. The molecule has 1 aliphatic rings. The van der Waals surface area contributed by atoms with Crippen molar-refractivity contribution in [1.82, 2.24) is 20.9 Å². The second-order valence-electron chi connectivity index (χ2n) is 7.86. The first kappa shape index (κ1) is 24.4. The number of hydrogen-bond acceptors (Lipinski definition) is 7. The molecule has 4 atom stereocenters. The number of piperidine rings is 1. The number of aliphatic hydroxyl groups is 2. The minimum atomic E-state index is -1.30. The topological polar surface area (TPSA) is 190 Å². The molecule has 1 unspecified atom stereocenters. The van der Waals surface area contributed by atoms with Crippen molar-refractivity contribution in [2.75, 3.05) is 13.2 Å². The van der Waals surface area contributed by atoms with E-state index in [0.717, 1.165) is 0 Å². The predicted octanol–water partition coefficient (Wildman–Crippen LogP) is -1.83. The molecular formula is C17H32N6O6. The summed E-state index contributed by atoms with van der Waals surface area (Å²) in [7, 11) is 0. The molecule has 0 spiro atoms. The van der Waals surface area contributed by atoms with Crippen LogP contribution in [0.15, 0.2) is 0 Å². The van der Waals surface area contributed by atoms with E-state index in [1.165, 1.54) is 11.8 Å². The van der Waals surface area contributed by atoms with Gasteiger partial charge in [0.05, 0.1) is 12.6 Å². The Balaban J connectivity index is 2.60. The van der Waals surface area contributed by atoms with Crippen LogP contribution in [0.4, 0.5) is 4.79 Å². The van der Waals surface area contributed by atoms with Crippen molar-refractivity contribution in [3.05, 3.63) is 0 Å². The summed E-state index contributed by atoms with van der Waals surface area (Å²) in [6.07, 6.45) is -0.920. The number of nitrogens with zero attached hydrogens (tertiary/aromatic N) is 1. The third-order valence-corrected chi connectivity index (χ3v) is 4.17. The number of carbonyl (C=O) groups is 3. The number of guanidine groups is 1. The number of alkyl carbamates (subject to hydrolysis) is 1. The van der Waals surface area contributed by atoms with Gasteiger partial charge < -0.3 is 41.5 Å². The van der Waals surface area contributed by atoms with E-state index in [9.17, 15) is 24.6 Å². The molecule has 1 rings (SSSR count). The number of nitrogens with two attached hydrogens (primary N) is 1. The maximum atomic E-state index is 12.4. The Kier molecular flexibility index (Phi) is 8.64. The lowest BCUT2D eigenvalue weighted by atomic mass is 10.0. The van der Waals surface area contributed by atoms with Gasteiger partial charge in [-0.1, -0.05) is 0 Å². The van der Waals surface area contributed by atoms with Gasteiger partial charge in [-0.05, 0) is 40.5 Å². The van der Waals surface area contributed by atoms with E-state index in [-0.39, 0.29) is 5.96 Å². The highest BCUT2D eigenvalue weighted by molar-refractivity contribution is 5.91. The molecule has 1 fully saturated rings. The quantitative estimate of drug-likeness (QED) is 0.194. The Morgan fingerprint density at radius 3 is 2.41 bits per heavy atom. The summed E-state index contributed by atoms with van der Waals surface area (Å²) >= 11 is 0. The van der Waals surface area contributed by atoms with Crippen LogP contribution in [0.5, 0.6) is 0 Å². The van der Waals surface area contributed by atoms with Gasteiger partial charge in [-0.3, -0.25) is 15.0 Å². The summed E-state index contributed by atoms with van der Waals surface area (Å²) in [6.45, 7) is 6.10. The van der Waals surface area contributed by atoms with Crippen LogP contribution in [0.2, 0.25) is 0 Å². The van der Waals surface area contributed by atoms with Gasteiger partial charge in [-0.2, -0.15) is 0 Å². The monoisotopic (exact) mass is 416 g/mol. The van der Waals surface area contributed by atoms with Crippen LogP contribution in [0, 0.1) is 5.41 Å². The third-order valence-electron chi connectivity index (χ3n) is 4.17. The fraction of sp³-hybridized carbons (Fsp3) is 0.765. The first-order chi connectivity index (χ1) is 13.4. The standard InChI is InChI=1S/C17H32N6O6/c1-9(12(25)21-10-6-5-7-23(14(10)27)15(18)19)20-13(26)11(8-24)22-16(28)29-17(2,3)4/h9-11,14,24,27H,5-8H2,1-4H3,(H3,18,19)(H,20,26)(H,21,25)(H,22,28)/t9-,10+,11+,14?/m0/s1. The van der Waals surface area contributed by atoms with Gasteiger partial charge in [0.1, 0.15) is 23.9 Å². The Hall–Kier alpha value is -2.60. The molecule has 0 bridgehead atoms. The number of hydrogen-bond donors (Lipinski definition) is 7. The molecule has 0 aromatic heterocycles. The summed E-state index contributed by atoms with van der Waals surface area (Å²) in [5.74, 6) is -1.63. The van der Waals surface area contributed by atoms with Crippen LogP contribution < -0.4 is 21.7 Å². The smallest absolute Gasteiger partial charge is 0.408 e. The normalized spacial score (nSPS) is 21.5. The van der Waals surface area contributed by atoms with E-state index in [2.05, 4.69) is 16.0 Å². The van der Waals surface area contributed by atoms with Crippen LogP contribution >= 0.6 is 0 Å². The second-order valence-corrected chi connectivity index (χ2v) is 7.86. The van der Waals surface area contributed by atoms with Crippen molar-refractivity contribution >= 4 is 23.9 Å². The van der Waals surface area contributed by atoms with Gasteiger partial charge in [0, 0.05) is 6.54 Å². The van der Waals surface area contributed by atoms with Crippen LogP contribution in [-0.2, 0) is 14.3 Å². The van der Waals surface area contributed by atoms with Crippen molar-refractivity contribution in [2.45, 2.75) is 70.5 Å². The number of ether oxygens (including phenoxy) is 1. The predicted molar refractivity (Wildman–Crippen MR) is 104 cm³/mol. The van der Waals surface area contributed by atoms with Gasteiger partial charge in [0.15, 0.2) is 5.96 Å². The van der Waals surface area contributed by atoms with Gasteiger partial charge >= 0.3 is 6.09 Å².